The van der Waals surface area contributed by atoms with Crippen LogP contribution >= 0.6 is 0 Å². The second-order valence-corrected chi connectivity index (χ2v) is 5.63. The largest absolute Gasteiger partial charge is 0.352 e. The Morgan fingerprint density at radius 2 is 2.05 bits per heavy atom. The number of nitrogens with zero attached hydrogens (tertiary/aromatic N) is 1. The van der Waals surface area contributed by atoms with Crippen LogP contribution in [0.2, 0.25) is 0 Å². The molecule has 1 saturated heterocycles. The van der Waals surface area contributed by atoms with Crippen molar-refractivity contribution >= 4 is 5.91 Å². The third kappa shape index (κ3) is 4.35. The van der Waals surface area contributed by atoms with Gasteiger partial charge in [-0.15, -0.1) is 0 Å². The van der Waals surface area contributed by atoms with E-state index in [-0.39, 0.29) is 5.91 Å². The number of benzene rings is 1. The quantitative estimate of drug-likeness (QED) is 0.850. The monoisotopic (exact) mass is 260 g/mol. The molecule has 3 heteroatoms. The van der Waals surface area contributed by atoms with Gasteiger partial charge in [0.2, 0.25) is 5.91 Å². The molecule has 0 saturated carbocycles. The van der Waals surface area contributed by atoms with E-state index in [0.29, 0.717) is 18.5 Å². The molecule has 1 aromatic carbocycles. The van der Waals surface area contributed by atoms with Crippen LogP contribution in [0.15, 0.2) is 30.3 Å². The van der Waals surface area contributed by atoms with Crippen LogP contribution in [0.1, 0.15) is 32.3 Å². The molecule has 0 unspecified atom stereocenters. The van der Waals surface area contributed by atoms with Crippen LogP contribution in [0.25, 0.3) is 0 Å². The standard InChI is InChI=1S/C16H24N2O/c1-13(2)18(12-15-8-9-16(19)17-15)11-10-14-6-4-3-5-7-14/h3-7,13,15H,8-12H2,1-2H3,(H,17,19)/t15-/m0/s1. The van der Waals surface area contributed by atoms with Crippen LogP contribution in [-0.4, -0.2) is 36.0 Å². The van der Waals surface area contributed by atoms with Crippen LogP contribution < -0.4 is 5.32 Å². The molecule has 0 bridgehead atoms. The molecule has 1 heterocycles. The second-order valence-electron chi connectivity index (χ2n) is 5.63. The molecule has 19 heavy (non-hydrogen) atoms. The van der Waals surface area contributed by atoms with E-state index in [9.17, 15) is 4.79 Å². The molecule has 3 nitrogen and oxygen atoms in total. The molecule has 1 fully saturated rings. The van der Waals surface area contributed by atoms with Crippen molar-refractivity contribution in [3.05, 3.63) is 35.9 Å². The van der Waals surface area contributed by atoms with Gasteiger partial charge in [0, 0.05) is 31.6 Å². The van der Waals surface area contributed by atoms with E-state index in [0.717, 1.165) is 25.9 Å². The summed E-state index contributed by atoms with van der Waals surface area (Å²) in [4.78, 5) is 13.7. The van der Waals surface area contributed by atoms with Gasteiger partial charge < -0.3 is 5.32 Å². The lowest BCUT2D eigenvalue weighted by atomic mass is 10.1. The van der Waals surface area contributed by atoms with E-state index in [1.165, 1.54) is 5.56 Å². The molecule has 0 spiro atoms. The molecule has 1 aliphatic heterocycles. The van der Waals surface area contributed by atoms with E-state index in [2.05, 4.69) is 54.4 Å². The molecule has 1 amide bonds. The Kier molecular flexibility index (Phi) is 4.97. The van der Waals surface area contributed by atoms with Gasteiger partial charge in [0.1, 0.15) is 0 Å². The summed E-state index contributed by atoms with van der Waals surface area (Å²) >= 11 is 0. The lowest BCUT2D eigenvalue weighted by molar-refractivity contribution is -0.119. The Morgan fingerprint density at radius 1 is 1.32 bits per heavy atom. The summed E-state index contributed by atoms with van der Waals surface area (Å²) < 4.78 is 0. The van der Waals surface area contributed by atoms with Gasteiger partial charge in [0.25, 0.3) is 0 Å². The molecule has 1 N–H and O–H groups in total. The van der Waals surface area contributed by atoms with E-state index in [4.69, 9.17) is 0 Å². The van der Waals surface area contributed by atoms with Gasteiger partial charge in [-0.05, 0) is 32.3 Å². The Labute approximate surface area is 116 Å². The van der Waals surface area contributed by atoms with Gasteiger partial charge in [-0.1, -0.05) is 30.3 Å². The van der Waals surface area contributed by atoms with Crippen molar-refractivity contribution in [2.75, 3.05) is 13.1 Å². The first-order chi connectivity index (χ1) is 9.15. The summed E-state index contributed by atoms with van der Waals surface area (Å²) in [5.74, 6) is 0.205. The zero-order chi connectivity index (χ0) is 13.7. The molecule has 0 aromatic heterocycles. The van der Waals surface area contributed by atoms with Gasteiger partial charge in [-0.2, -0.15) is 0 Å². The summed E-state index contributed by atoms with van der Waals surface area (Å²) in [5, 5.41) is 3.06. The first kappa shape index (κ1) is 14.1. The van der Waals surface area contributed by atoms with Crippen molar-refractivity contribution in [3.8, 4) is 0 Å². The Bertz CT molecular complexity index is 402. The van der Waals surface area contributed by atoms with Crippen molar-refractivity contribution in [3.63, 3.8) is 0 Å². The van der Waals surface area contributed by atoms with Crippen molar-refractivity contribution in [1.82, 2.24) is 10.2 Å². The average molecular weight is 260 g/mol. The van der Waals surface area contributed by atoms with Crippen molar-refractivity contribution in [1.29, 1.82) is 0 Å². The zero-order valence-corrected chi connectivity index (χ0v) is 11.9. The van der Waals surface area contributed by atoms with Gasteiger partial charge in [-0.3, -0.25) is 9.69 Å². The highest BCUT2D eigenvalue weighted by Crippen LogP contribution is 2.11. The van der Waals surface area contributed by atoms with Crippen molar-refractivity contribution < 1.29 is 4.79 Å². The first-order valence-corrected chi connectivity index (χ1v) is 7.22. The lowest BCUT2D eigenvalue weighted by Gasteiger charge is -2.29. The molecule has 1 aliphatic rings. The summed E-state index contributed by atoms with van der Waals surface area (Å²) in [6.45, 7) is 6.47. The van der Waals surface area contributed by atoms with E-state index >= 15 is 0 Å². The third-order valence-corrected chi connectivity index (χ3v) is 3.80. The fourth-order valence-corrected chi connectivity index (χ4v) is 2.58. The SMILES string of the molecule is CC(C)N(CCc1ccccc1)C[C@@H]1CCC(=O)N1. The highest BCUT2D eigenvalue weighted by atomic mass is 16.1. The maximum Gasteiger partial charge on any atom is 0.220 e. The zero-order valence-electron chi connectivity index (χ0n) is 11.9. The number of carbonyl (C=O) groups is 1. The summed E-state index contributed by atoms with van der Waals surface area (Å²) in [6.07, 6.45) is 2.74. The molecule has 1 atom stereocenters. The second kappa shape index (κ2) is 6.71. The minimum absolute atomic E-state index is 0.205. The normalized spacial score (nSPS) is 19.2. The van der Waals surface area contributed by atoms with Gasteiger partial charge in [0.05, 0.1) is 0 Å². The molecule has 0 radical (unpaired) electrons. The molecule has 0 aliphatic carbocycles. The lowest BCUT2D eigenvalue weighted by Crippen LogP contribution is -2.42. The maximum atomic E-state index is 11.3. The predicted octanol–water partition coefficient (Wildman–Crippen LogP) is 2.22. The Hall–Kier alpha value is -1.35. The van der Waals surface area contributed by atoms with Gasteiger partial charge >= 0.3 is 0 Å². The summed E-state index contributed by atoms with van der Waals surface area (Å²) in [7, 11) is 0. The fourth-order valence-electron chi connectivity index (χ4n) is 2.58. The third-order valence-electron chi connectivity index (χ3n) is 3.80. The van der Waals surface area contributed by atoms with Crippen molar-refractivity contribution in [2.45, 2.75) is 45.2 Å². The number of nitrogens with one attached hydrogen (secondary N) is 1. The van der Waals surface area contributed by atoms with E-state index < -0.39 is 0 Å². The highest BCUT2D eigenvalue weighted by Gasteiger charge is 2.23. The first-order valence-electron chi connectivity index (χ1n) is 7.22. The Morgan fingerprint density at radius 3 is 2.63 bits per heavy atom. The Balaban J connectivity index is 1.84. The molecular weight excluding hydrogens is 236 g/mol. The molecular formula is C16H24N2O. The van der Waals surface area contributed by atoms with Gasteiger partial charge in [0.15, 0.2) is 0 Å². The maximum absolute atomic E-state index is 11.3. The number of carbonyl (C=O) groups excluding carboxylic acids is 1. The number of amides is 1. The van der Waals surface area contributed by atoms with Gasteiger partial charge in [-0.25, -0.2) is 0 Å². The summed E-state index contributed by atoms with van der Waals surface area (Å²) in [6, 6.07) is 11.4. The van der Waals surface area contributed by atoms with Crippen LogP contribution in [-0.2, 0) is 11.2 Å². The van der Waals surface area contributed by atoms with Crippen LogP contribution in [0.4, 0.5) is 0 Å². The predicted molar refractivity (Wildman–Crippen MR) is 78.0 cm³/mol. The molecule has 1 aromatic rings. The smallest absolute Gasteiger partial charge is 0.220 e. The van der Waals surface area contributed by atoms with Crippen molar-refractivity contribution in [2.24, 2.45) is 0 Å². The van der Waals surface area contributed by atoms with E-state index in [1.807, 2.05) is 0 Å². The topological polar surface area (TPSA) is 32.3 Å². The molecule has 2 rings (SSSR count). The van der Waals surface area contributed by atoms with E-state index in [1.54, 1.807) is 0 Å². The molecule has 104 valence electrons. The number of hydrogen-bond acceptors (Lipinski definition) is 2. The summed E-state index contributed by atoms with van der Waals surface area (Å²) in [5.41, 5.74) is 1.38. The fraction of sp³-hybridized carbons (Fsp3) is 0.562. The minimum Gasteiger partial charge on any atom is -0.352 e. The average Bonchev–Trinajstić information content (AvgIpc) is 2.81. The van der Waals surface area contributed by atoms with Crippen LogP contribution in [0.3, 0.4) is 0 Å². The highest BCUT2D eigenvalue weighted by molar-refractivity contribution is 5.78. The number of rotatable bonds is 6. The number of hydrogen-bond donors (Lipinski definition) is 1. The van der Waals surface area contributed by atoms with Crippen LogP contribution in [0, 0.1) is 0 Å². The van der Waals surface area contributed by atoms with Crippen LogP contribution in [0.5, 0.6) is 0 Å². The minimum atomic E-state index is 0.205.